The van der Waals surface area contributed by atoms with E-state index in [1.807, 2.05) is 26.0 Å². The summed E-state index contributed by atoms with van der Waals surface area (Å²) >= 11 is 6.19. The van der Waals surface area contributed by atoms with Crippen LogP contribution in [0.3, 0.4) is 0 Å². The molecule has 4 rings (SSSR count). The van der Waals surface area contributed by atoms with Crippen LogP contribution in [0.1, 0.15) is 24.1 Å². The third-order valence-electron chi connectivity index (χ3n) is 5.32. The molecular formula is C23H22ClN3O5. The van der Waals surface area contributed by atoms with Crippen LogP contribution in [-0.2, 0) is 14.3 Å². The number of cyclic esters (lactones) is 1. The van der Waals surface area contributed by atoms with Gasteiger partial charge in [0.2, 0.25) is 5.91 Å². The van der Waals surface area contributed by atoms with E-state index < -0.39 is 23.9 Å². The number of para-hydroxylation sites is 2. The fourth-order valence-electron chi connectivity index (χ4n) is 3.83. The molecule has 8 nitrogen and oxygen atoms in total. The number of nitrogens with zero attached hydrogens (tertiary/aromatic N) is 1. The number of ether oxygens (including phenoxy) is 2. The number of carbonyl (C=O) groups is 3. The van der Waals surface area contributed by atoms with Crippen LogP contribution < -0.4 is 15.4 Å². The molecule has 0 saturated heterocycles. The zero-order valence-electron chi connectivity index (χ0n) is 17.6. The Hall–Kier alpha value is -3.52. The molecule has 2 aromatic rings. The van der Waals surface area contributed by atoms with E-state index in [1.54, 1.807) is 30.3 Å². The fraction of sp³-hybridized carbons (Fsp3) is 0.261. The monoisotopic (exact) mass is 455 g/mol. The van der Waals surface area contributed by atoms with E-state index in [-0.39, 0.29) is 13.2 Å². The van der Waals surface area contributed by atoms with Gasteiger partial charge in [0.1, 0.15) is 18.9 Å². The molecular weight excluding hydrogens is 434 g/mol. The van der Waals surface area contributed by atoms with Crippen molar-refractivity contribution in [3.63, 3.8) is 0 Å². The number of carbonyl (C=O) groups excluding carboxylic acids is 3. The molecule has 2 aliphatic rings. The number of halogens is 1. The zero-order chi connectivity index (χ0) is 22.8. The van der Waals surface area contributed by atoms with Crippen molar-refractivity contribution in [2.75, 3.05) is 25.1 Å². The van der Waals surface area contributed by atoms with Crippen LogP contribution in [0.5, 0.6) is 5.75 Å². The molecule has 0 bridgehead atoms. The Morgan fingerprint density at radius 1 is 1.25 bits per heavy atom. The maximum Gasteiger partial charge on any atom is 0.338 e. The number of benzene rings is 2. The minimum Gasteiger partial charge on any atom is -0.494 e. The average Bonchev–Trinajstić information content (AvgIpc) is 3.15. The van der Waals surface area contributed by atoms with Gasteiger partial charge in [0.25, 0.3) is 0 Å². The highest BCUT2D eigenvalue weighted by Gasteiger charge is 2.43. The molecule has 9 heteroatoms. The summed E-state index contributed by atoms with van der Waals surface area (Å²) in [6.45, 7) is 3.71. The first-order valence-electron chi connectivity index (χ1n) is 10.2. The van der Waals surface area contributed by atoms with Crippen molar-refractivity contribution in [2.45, 2.75) is 19.9 Å². The second kappa shape index (κ2) is 8.92. The number of nitrogens with one attached hydrogen (secondary N) is 2. The number of amides is 3. The molecule has 2 aliphatic heterocycles. The molecule has 2 N–H and O–H groups in total. The van der Waals surface area contributed by atoms with Crippen molar-refractivity contribution < 1.29 is 23.9 Å². The van der Waals surface area contributed by atoms with Gasteiger partial charge in [-0.3, -0.25) is 9.69 Å². The molecule has 2 heterocycles. The number of urea groups is 1. The average molecular weight is 456 g/mol. The van der Waals surface area contributed by atoms with Crippen molar-refractivity contribution in [2.24, 2.45) is 0 Å². The molecule has 0 radical (unpaired) electrons. The number of hydrogen-bond donors (Lipinski definition) is 2. The molecule has 0 fully saturated rings. The topological polar surface area (TPSA) is 97.0 Å². The number of anilines is 1. The smallest absolute Gasteiger partial charge is 0.338 e. The summed E-state index contributed by atoms with van der Waals surface area (Å²) in [6, 6.07) is 11.2. The van der Waals surface area contributed by atoms with Gasteiger partial charge in [-0.2, -0.15) is 0 Å². The normalized spacial score (nSPS) is 17.6. The summed E-state index contributed by atoms with van der Waals surface area (Å²) in [6.07, 6.45) is 0. The van der Waals surface area contributed by atoms with Gasteiger partial charge in [0.15, 0.2) is 0 Å². The first-order chi connectivity index (χ1) is 15.4. The summed E-state index contributed by atoms with van der Waals surface area (Å²) in [7, 11) is 0. The van der Waals surface area contributed by atoms with Gasteiger partial charge < -0.3 is 20.1 Å². The Labute approximate surface area is 190 Å². The van der Waals surface area contributed by atoms with Crippen LogP contribution >= 0.6 is 11.6 Å². The molecule has 166 valence electrons. The largest absolute Gasteiger partial charge is 0.494 e. The van der Waals surface area contributed by atoms with E-state index in [4.69, 9.17) is 21.1 Å². The number of aryl methyl sites for hydroxylation is 1. The van der Waals surface area contributed by atoms with E-state index in [2.05, 4.69) is 10.6 Å². The quantitative estimate of drug-likeness (QED) is 0.649. The predicted molar refractivity (Wildman–Crippen MR) is 118 cm³/mol. The van der Waals surface area contributed by atoms with E-state index >= 15 is 0 Å². The van der Waals surface area contributed by atoms with Gasteiger partial charge in [0, 0.05) is 5.56 Å². The lowest BCUT2D eigenvalue weighted by Gasteiger charge is -2.33. The number of hydrogen-bond acceptors (Lipinski definition) is 5. The number of rotatable bonds is 6. The molecule has 0 spiro atoms. The van der Waals surface area contributed by atoms with Gasteiger partial charge in [-0.1, -0.05) is 41.9 Å². The van der Waals surface area contributed by atoms with Crippen molar-refractivity contribution in [3.05, 3.63) is 69.9 Å². The summed E-state index contributed by atoms with van der Waals surface area (Å²) in [5.41, 5.74) is 2.57. The van der Waals surface area contributed by atoms with Crippen LogP contribution in [0.2, 0.25) is 5.02 Å². The lowest BCUT2D eigenvalue weighted by molar-refractivity contribution is -0.136. The van der Waals surface area contributed by atoms with Crippen molar-refractivity contribution in [3.8, 4) is 5.75 Å². The molecule has 32 heavy (non-hydrogen) atoms. The minimum atomic E-state index is -0.736. The highest BCUT2D eigenvalue weighted by molar-refractivity contribution is 6.34. The van der Waals surface area contributed by atoms with Crippen LogP contribution in [0.15, 0.2) is 53.7 Å². The molecule has 1 atom stereocenters. The lowest BCUT2D eigenvalue weighted by Crippen LogP contribution is -2.49. The first-order valence-corrected chi connectivity index (χ1v) is 10.5. The third kappa shape index (κ3) is 4.01. The van der Waals surface area contributed by atoms with Gasteiger partial charge in [-0.15, -0.1) is 0 Å². The Morgan fingerprint density at radius 2 is 2.03 bits per heavy atom. The first kappa shape index (κ1) is 21.7. The molecule has 0 aliphatic carbocycles. The Kier molecular flexibility index (Phi) is 6.05. The molecule has 3 amide bonds. The summed E-state index contributed by atoms with van der Waals surface area (Å²) in [4.78, 5) is 39.5. The van der Waals surface area contributed by atoms with Gasteiger partial charge >= 0.3 is 12.0 Å². The highest BCUT2D eigenvalue weighted by Crippen LogP contribution is 2.38. The van der Waals surface area contributed by atoms with Crippen molar-refractivity contribution in [1.82, 2.24) is 10.2 Å². The summed E-state index contributed by atoms with van der Waals surface area (Å²) in [5, 5.41) is 5.96. The third-order valence-corrected chi connectivity index (χ3v) is 5.63. The van der Waals surface area contributed by atoms with Crippen LogP contribution in [0.25, 0.3) is 0 Å². The van der Waals surface area contributed by atoms with Gasteiger partial charge in [0.05, 0.1) is 34.6 Å². The zero-order valence-corrected chi connectivity index (χ0v) is 18.4. The van der Waals surface area contributed by atoms with Gasteiger partial charge in [-0.25, -0.2) is 9.59 Å². The van der Waals surface area contributed by atoms with Crippen LogP contribution in [0, 0.1) is 6.92 Å². The summed E-state index contributed by atoms with van der Waals surface area (Å²) < 4.78 is 10.9. The predicted octanol–water partition coefficient (Wildman–Crippen LogP) is 3.56. The van der Waals surface area contributed by atoms with Crippen LogP contribution in [0.4, 0.5) is 10.5 Å². The van der Waals surface area contributed by atoms with E-state index in [1.165, 1.54) is 4.90 Å². The Balaban J connectivity index is 1.63. The fourth-order valence-corrected chi connectivity index (χ4v) is 4.10. The van der Waals surface area contributed by atoms with Crippen molar-refractivity contribution >= 4 is 35.2 Å². The number of esters is 1. The second-order valence-corrected chi connectivity index (χ2v) is 7.76. The SMILES string of the molecule is CCOc1ccccc1[C@@H]1NC(=O)N(CC(=O)Nc2c(C)cccc2Cl)C2=C1C(=O)OC2. The van der Waals surface area contributed by atoms with E-state index in [9.17, 15) is 14.4 Å². The highest BCUT2D eigenvalue weighted by atomic mass is 35.5. The van der Waals surface area contributed by atoms with Crippen molar-refractivity contribution in [1.29, 1.82) is 0 Å². The van der Waals surface area contributed by atoms with E-state index in [0.717, 1.165) is 5.56 Å². The standard InChI is InChI=1S/C23H22ClN3O5/c1-3-31-17-10-5-4-8-14(17)21-19-16(12-32-22(19)29)27(23(30)26-21)11-18(28)25-20-13(2)7-6-9-15(20)24/h4-10,21H,3,11-12H2,1-2H3,(H,25,28)(H,26,30)/t21-/m0/s1. The molecule has 2 aromatic carbocycles. The van der Waals surface area contributed by atoms with Crippen LogP contribution in [-0.4, -0.2) is 42.6 Å². The second-order valence-electron chi connectivity index (χ2n) is 7.36. The molecule has 0 saturated carbocycles. The lowest BCUT2D eigenvalue weighted by atomic mass is 9.95. The Bertz CT molecular complexity index is 1110. The maximum atomic E-state index is 13.0. The molecule has 0 aromatic heterocycles. The van der Waals surface area contributed by atoms with Gasteiger partial charge in [-0.05, 0) is 31.5 Å². The van der Waals surface area contributed by atoms with E-state index in [0.29, 0.717) is 39.9 Å². The summed E-state index contributed by atoms with van der Waals surface area (Å²) in [5.74, 6) is -0.424. The Morgan fingerprint density at radius 3 is 2.78 bits per heavy atom. The minimum absolute atomic E-state index is 0.0900. The molecule has 0 unspecified atom stereocenters. The maximum absolute atomic E-state index is 13.0.